The highest BCUT2D eigenvalue weighted by Crippen LogP contribution is 2.26. The molecule has 0 saturated carbocycles. The lowest BCUT2D eigenvalue weighted by Crippen LogP contribution is -2.51. The number of aromatic nitrogens is 1. The lowest BCUT2D eigenvalue weighted by molar-refractivity contribution is -0.145. The van der Waals surface area contributed by atoms with Crippen molar-refractivity contribution in [2.24, 2.45) is 0 Å². The fourth-order valence-corrected chi connectivity index (χ4v) is 6.14. The van der Waals surface area contributed by atoms with Gasteiger partial charge in [-0.3, -0.25) is 9.78 Å². The van der Waals surface area contributed by atoms with Crippen LogP contribution in [0.15, 0.2) is 53.7 Å². The molecule has 0 spiro atoms. The molecule has 4 rings (SSSR count). The number of carbonyl (C=O) groups excluding carboxylic acids is 3. The maximum atomic E-state index is 13.2. The topological polar surface area (TPSA) is 135 Å². The third-order valence-corrected chi connectivity index (χ3v) is 8.37. The van der Waals surface area contributed by atoms with E-state index >= 15 is 0 Å². The molecular formula is C25H30N4O7S. The second kappa shape index (κ2) is 11.7. The summed E-state index contributed by atoms with van der Waals surface area (Å²) in [6, 6.07) is 7.61. The van der Waals surface area contributed by atoms with Gasteiger partial charge in [0.2, 0.25) is 15.9 Å². The summed E-state index contributed by atoms with van der Waals surface area (Å²) < 4.78 is 37.6. The Morgan fingerprint density at radius 2 is 1.81 bits per heavy atom. The quantitative estimate of drug-likeness (QED) is 0.510. The molecule has 2 aliphatic rings. The number of rotatable bonds is 8. The molecule has 11 nitrogen and oxygen atoms in total. The van der Waals surface area contributed by atoms with Crippen molar-refractivity contribution in [3.63, 3.8) is 0 Å². The van der Waals surface area contributed by atoms with Crippen LogP contribution in [0, 0.1) is 0 Å². The van der Waals surface area contributed by atoms with Crippen molar-refractivity contribution in [3.05, 3.63) is 54.4 Å². The zero-order valence-electron chi connectivity index (χ0n) is 20.5. The van der Waals surface area contributed by atoms with Gasteiger partial charge in [-0.2, -0.15) is 4.31 Å². The molecule has 2 atom stereocenters. The molecule has 3 heterocycles. The molecule has 1 N–H and O–H groups in total. The van der Waals surface area contributed by atoms with E-state index in [0.717, 1.165) is 17.1 Å². The van der Waals surface area contributed by atoms with E-state index in [1.54, 1.807) is 29.2 Å². The Bertz CT molecular complexity index is 1220. The summed E-state index contributed by atoms with van der Waals surface area (Å²) in [5.41, 5.74) is 0.697. The number of pyridine rings is 1. The molecule has 0 radical (unpaired) electrons. The van der Waals surface area contributed by atoms with Gasteiger partial charge in [-0.25, -0.2) is 18.0 Å². The molecule has 2 fully saturated rings. The maximum absolute atomic E-state index is 13.2. The lowest BCUT2D eigenvalue weighted by atomic mass is 10.0. The number of sulfonamides is 1. The van der Waals surface area contributed by atoms with E-state index in [9.17, 15) is 22.8 Å². The van der Waals surface area contributed by atoms with E-state index in [1.165, 1.54) is 31.6 Å². The molecule has 0 unspecified atom stereocenters. The number of carbonyl (C=O) groups is 3. The number of hydrogen-bond donors (Lipinski definition) is 1. The molecule has 1 aromatic heterocycles. The second-order valence-electron chi connectivity index (χ2n) is 8.96. The van der Waals surface area contributed by atoms with E-state index in [2.05, 4.69) is 10.3 Å². The van der Waals surface area contributed by atoms with Crippen LogP contribution in [0.25, 0.3) is 0 Å². The summed E-state index contributed by atoms with van der Waals surface area (Å²) in [5, 5.41) is 2.67. The highest BCUT2D eigenvalue weighted by molar-refractivity contribution is 7.89. The number of hydrogen-bond acceptors (Lipinski definition) is 8. The van der Waals surface area contributed by atoms with Gasteiger partial charge >= 0.3 is 12.1 Å². The van der Waals surface area contributed by atoms with Crippen LogP contribution >= 0.6 is 0 Å². The van der Waals surface area contributed by atoms with Crippen LogP contribution in [0.2, 0.25) is 0 Å². The number of benzene rings is 1. The van der Waals surface area contributed by atoms with Crippen LogP contribution in [0.4, 0.5) is 4.79 Å². The average Bonchev–Trinajstić information content (AvgIpc) is 3.62. The second-order valence-corrected chi connectivity index (χ2v) is 10.8. The summed E-state index contributed by atoms with van der Waals surface area (Å²) in [6.45, 7) is 1.55. The average molecular weight is 531 g/mol. The monoisotopic (exact) mass is 530 g/mol. The van der Waals surface area contributed by atoms with Gasteiger partial charge in [0.25, 0.3) is 0 Å². The molecule has 37 heavy (non-hydrogen) atoms. The Morgan fingerprint density at radius 1 is 1.08 bits per heavy atom. The lowest BCUT2D eigenvalue weighted by Gasteiger charge is -2.25. The Morgan fingerprint density at radius 3 is 2.46 bits per heavy atom. The smallest absolute Gasteiger partial charge is 0.415 e. The molecule has 2 saturated heterocycles. The van der Waals surface area contributed by atoms with E-state index in [0.29, 0.717) is 37.2 Å². The molecule has 0 bridgehead atoms. The zero-order valence-corrected chi connectivity index (χ0v) is 21.4. The normalized spacial score (nSPS) is 18.8. The molecule has 12 heteroatoms. The Labute approximate surface area is 215 Å². The zero-order chi connectivity index (χ0) is 26.4. The van der Waals surface area contributed by atoms with Gasteiger partial charge in [0.1, 0.15) is 22.7 Å². The summed E-state index contributed by atoms with van der Waals surface area (Å²) in [5.74, 6) is -0.851. The van der Waals surface area contributed by atoms with Crippen LogP contribution in [0.5, 0.6) is 5.75 Å². The van der Waals surface area contributed by atoms with Crippen molar-refractivity contribution < 1.29 is 32.3 Å². The minimum absolute atomic E-state index is 0.00439. The van der Waals surface area contributed by atoms with Crippen LogP contribution in [0.3, 0.4) is 0 Å². The SMILES string of the molecule is COC(=O)[C@H](Cc1ccc(OC(=O)N2CCCC2)cc1)NC(=O)[C@@H]1CCCN1S(=O)(=O)c1cccnc1. The van der Waals surface area contributed by atoms with Crippen LogP contribution < -0.4 is 10.1 Å². The van der Waals surface area contributed by atoms with E-state index in [4.69, 9.17) is 9.47 Å². The van der Waals surface area contributed by atoms with Gasteiger partial charge in [0.05, 0.1) is 7.11 Å². The highest BCUT2D eigenvalue weighted by atomic mass is 32.2. The first-order valence-corrected chi connectivity index (χ1v) is 13.6. The molecule has 198 valence electrons. The maximum Gasteiger partial charge on any atom is 0.415 e. The summed E-state index contributed by atoms with van der Waals surface area (Å²) in [4.78, 5) is 43.3. The van der Waals surface area contributed by atoms with Crippen molar-refractivity contribution in [1.82, 2.24) is 19.5 Å². The van der Waals surface area contributed by atoms with Crippen molar-refractivity contribution in [2.45, 2.75) is 49.1 Å². The van der Waals surface area contributed by atoms with Crippen LogP contribution in [-0.4, -0.2) is 79.4 Å². The third kappa shape index (κ3) is 6.25. The Balaban J connectivity index is 1.42. The Hall–Kier alpha value is -3.51. The first-order chi connectivity index (χ1) is 17.8. The molecule has 2 aliphatic heterocycles. The first kappa shape index (κ1) is 26.6. The van der Waals surface area contributed by atoms with Crippen molar-refractivity contribution in [2.75, 3.05) is 26.7 Å². The van der Waals surface area contributed by atoms with E-state index in [1.807, 2.05) is 0 Å². The fourth-order valence-electron chi connectivity index (χ4n) is 4.52. The van der Waals surface area contributed by atoms with Crippen LogP contribution in [-0.2, 0) is 30.8 Å². The highest BCUT2D eigenvalue weighted by Gasteiger charge is 2.40. The van der Waals surface area contributed by atoms with Crippen molar-refractivity contribution >= 4 is 28.0 Å². The number of ether oxygens (including phenoxy) is 2. The summed E-state index contributed by atoms with van der Waals surface area (Å²) >= 11 is 0. The predicted octanol–water partition coefficient (Wildman–Crippen LogP) is 1.73. The minimum Gasteiger partial charge on any atom is -0.467 e. The van der Waals surface area contributed by atoms with E-state index < -0.39 is 40.1 Å². The van der Waals surface area contributed by atoms with Gasteiger partial charge in [0, 0.05) is 38.4 Å². The molecular weight excluding hydrogens is 500 g/mol. The van der Waals surface area contributed by atoms with Crippen molar-refractivity contribution in [3.8, 4) is 5.75 Å². The summed E-state index contributed by atoms with van der Waals surface area (Å²) in [7, 11) is -2.71. The first-order valence-electron chi connectivity index (χ1n) is 12.2. The predicted molar refractivity (Wildman–Crippen MR) is 132 cm³/mol. The molecule has 2 aromatic rings. The number of amides is 2. The van der Waals surface area contributed by atoms with Gasteiger partial charge in [0.15, 0.2) is 0 Å². The van der Waals surface area contributed by atoms with Gasteiger partial charge < -0.3 is 19.7 Å². The number of nitrogens with one attached hydrogen (secondary N) is 1. The minimum atomic E-state index is -3.93. The largest absolute Gasteiger partial charge is 0.467 e. The number of nitrogens with zero attached hydrogens (tertiary/aromatic N) is 3. The fraction of sp³-hybridized carbons (Fsp3) is 0.440. The number of likely N-dealkylation sites (tertiary alicyclic amines) is 1. The molecule has 0 aliphatic carbocycles. The Kier molecular flexibility index (Phi) is 8.39. The van der Waals surface area contributed by atoms with Crippen molar-refractivity contribution in [1.29, 1.82) is 0 Å². The molecule has 1 aromatic carbocycles. The molecule has 2 amide bonds. The van der Waals surface area contributed by atoms with Gasteiger partial charge in [-0.1, -0.05) is 12.1 Å². The number of methoxy groups -OCH3 is 1. The van der Waals surface area contributed by atoms with Gasteiger partial charge in [-0.05, 0) is 55.5 Å². The standard InChI is InChI=1S/C25H30N4O7S/c1-35-24(31)21(16-18-8-10-19(11-9-18)36-25(32)28-13-2-3-14-28)27-23(30)22-7-5-15-29(22)37(33,34)20-6-4-12-26-17-20/h4,6,8-12,17,21-22H,2-3,5,7,13-16H2,1H3,(H,27,30)/t21-,22-/m0/s1. The number of esters is 1. The van der Waals surface area contributed by atoms with E-state index in [-0.39, 0.29) is 17.9 Å². The van der Waals surface area contributed by atoms with Crippen LogP contribution in [0.1, 0.15) is 31.2 Å². The summed E-state index contributed by atoms with van der Waals surface area (Å²) in [6.07, 6.45) is 5.19. The third-order valence-electron chi connectivity index (χ3n) is 6.48. The van der Waals surface area contributed by atoms with Gasteiger partial charge in [-0.15, -0.1) is 0 Å².